The Kier molecular flexibility index (Phi) is 3.44. The second-order valence-corrected chi connectivity index (χ2v) is 7.23. The summed E-state index contributed by atoms with van der Waals surface area (Å²) >= 11 is 0. The standard InChI is InChI=1S/C17H26O2/c1-3-19-16(18)12(2)4-5-17-9-13-6-14(10-17)8-15(7-13)11-17/h4,13-15H,3,5-11H2,1-2H3/b12-4+. The van der Waals surface area contributed by atoms with Crippen LogP contribution in [0.3, 0.4) is 0 Å². The highest BCUT2D eigenvalue weighted by Crippen LogP contribution is 2.61. The van der Waals surface area contributed by atoms with Gasteiger partial charge in [-0.1, -0.05) is 6.08 Å². The van der Waals surface area contributed by atoms with Crippen molar-refractivity contribution >= 4 is 5.97 Å². The molecule has 0 aromatic heterocycles. The molecule has 4 bridgehead atoms. The van der Waals surface area contributed by atoms with Crippen molar-refractivity contribution in [2.24, 2.45) is 23.2 Å². The van der Waals surface area contributed by atoms with Crippen LogP contribution < -0.4 is 0 Å². The van der Waals surface area contributed by atoms with Crippen LogP contribution in [-0.2, 0) is 9.53 Å². The van der Waals surface area contributed by atoms with Crippen LogP contribution in [-0.4, -0.2) is 12.6 Å². The quantitative estimate of drug-likeness (QED) is 0.563. The zero-order valence-electron chi connectivity index (χ0n) is 12.3. The molecular weight excluding hydrogens is 236 g/mol. The molecule has 0 radical (unpaired) electrons. The van der Waals surface area contributed by atoms with Crippen LogP contribution in [0.4, 0.5) is 0 Å². The van der Waals surface area contributed by atoms with E-state index in [2.05, 4.69) is 6.08 Å². The number of hydrogen-bond donors (Lipinski definition) is 0. The first-order valence-electron chi connectivity index (χ1n) is 7.94. The molecule has 2 heteroatoms. The lowest BCUT2D eigenvalue weighted by molar-refractivity contribution is -0.138. The fraction of sp³-hybridized carbons (Fsp3) is 0.824. The highest BCUT2D eigenvalue weighted by atomic mass is 16.5. The zero-order valence-corrected chi connectivity index (χ0v) is 12.3. The number of ether oxygens (including phenoxy) is 1. The Bertz CT molecular complexity index is 359. The van der Waals surface area contributed by atoms with Crippen molar-refractivity contribution in [2.75, 3.05) is 6.61 Å². The second-order valence-electron chi connectivity index (χ2n) is 7.23. The molecule has 0 aliphatic heterocycles. The number of hydrogen-bond acceptors (Lipinski definition) is 2. The maximum absolute atomic E-state index is 11.7. The molecule has 4 saturated carbocycles. The van der Waals surface area contributed by atoms with Gasteiger partial charge >= 0.3 is 5.97 Å². The summed E-state index contributed by atoms with van der Waals surface area (Å²) < 4.78 is 5.07. The van der Waals surface area contributed by atoms with Gasteiger partial charge in [0.25, 0.3) is 0 Å². The summed E-state index contributed by atoms with van der Waals surface area (Å²) in [6.45, 7) is 4.24. The third kappa shape index (κ3) is 2.59. The Hall–Kier alpha value is -0.790. The van der Waals surface area contributed by atoms with Crippen LogP contribution >= 0.6 is 0 Å². The van der Waals surface area contributed by atoms with Crippen molar-refractivity contribution in [1.82, 2.24) is 0 Å². The van der Waals surface area contributed by atoms with E-state index in [1.165, 1.54) is 38.5 Å². The van der Waals surface area contributed by atoms with Gasteiger partial charge in [-0.15, -0.1) is 0 Å². The maximum Gasteiger partial charge on any atom is 0.333 e. The van der Waals surface area contributed by atoms with Crippen LogP contribution in [0.5, 0.6) is 0 Å². The maximum atomic E-state index is 11.7. The lowest BCUT2D eigenvalue weighted by atomic mass is 9.49. The van der Waals surface area contributed by atoms with E-state index in [1.54, 1.807) is 0 Å². The van der Waals surface area contributed by atoms with E-state index < -0.39 is 0 Å². The minimum Gasteiger partial charge on any atom is -0.463 e. The first-order valence-corrected chi connectivity index (χ1v) is 7.94. The van der Waals surface area contributed by atoms with Crippen LogP contribution in [0.1, 0.15) is 58.8 Å². The molecule has 2 nitrogen and oxygen atoms in total. The van der Waals surface area contributed by atoms with Crippen LogP contribution in [0, 0.1) is 23.2 Å². The van der Waals surface area contributed by atoms with Gasteiger partial charge in [0, 0.05) is 5.57 Å². The average Bonchev–Trinajstić information content (AvgIpc) is 2.34. The van der Waals surface area contributed by atoms with E-state index in [0.29, 0.717) is 12.0 Å². The lowest BCUT2D eigenvalue weighted by Crippen LogP contribution is -2.45. The average molecular weight is 262 g/mol. The summed E-state index contributed by atoms with van der Waals surface area (Å²) in [5.74, 6) is 2.83. The summed E-state index contributed by atoms with van der Waals surface area (Å²) in [6, 6.07) is 0. The van der Waals surface area contributed by atoms with Gasteiger partial charge in [0.15, 0.2) is 0 Å². The smallest absolute Gasteiger partial charge is 0.333 e. The SMILES string of the molecule is CCOC(=O)/C(C)=C/CC12CC3CC(CC(C3)C1)C2. The molecule has 0 aromatic rings. The number of carbonyl (C=O) groups excluding carboxylic acids is 1. The molecule has 0 amide bonds. The van der Waals surface area contributed by atoms with E-state index in [-0.39, 0.29) is 5.97 Å². The van der Waals surface area contributed by atoms with E-state index in [1.807, 2.05) is 13.8 Å². The van der Waals surface area contributed by atoms with Crippen LogP contribution in [0.15, 0.2) is 11.6 Å². The molecule has 0 atom stereocenters. The fourth-order valence-corrected chi connectivity index (χ4v) is 5.24. The van der Waals surface area contributed by atoms with Crippen molar-refractivity contribution in [3.8, 4) is 0 Å². The highest BCUT2D eigenvalue weighted by molar-refractivity contribution is 5.87. The fourth-order valence-electron chi connectivity index (χ4n) is 5.24. The lowest BCUT2D eigenvalue weighted by Gasteiger charge is -2.56. The molecule has 4 aliphatic carbocycles. The predicted octanol–water partition coefficient (Wildman–Crippen LogP) is 4.10. The van der Waals surface area contributed by atoms with Gasteiger partial charge in [0.05, 0.1) is 6.61 Å². The number of rotatable bonds is 4. The largest absolute Gasteiger partial charge is 0.463 e. The van der Waals surface area contributed by atoms with Crippen molar-refractivity contribution in [3.05, 3.63) is 11.6 Å². The van der Waals surface area contributed by atoms with E-state index in [4.69, 9.17) is 4.74 Å². The molecule has 0 aromatic carbocycles. The molecule has 0 N–H and O–H groups in total. The molecule has 4 aliphatic rings. The van der Waals surface area contributed by atoms with Crippen molar-refractivity contribution in [2.45, 2.75) is 58.8 Å². The van der Waals surface area contributed by atoms with Gasteiger partial charge in [-0.3, -0.25) is 0 Å². The molecule has 0 saturated heterocycles. The van der Waals surface area contributed by atoms with Crippen molar-refractivity contribution in [1.29, 1.82) is 0 Å². The summed E-state index contributed by atoms with van der Waals surface area (Å²) in [5.41, 5.74) is 1.33. The van der Waals surface area contributed by atoms with Gasteiger partial charge in [0.2, 0.25) is 0 Å². The third-order valence-corrected chi connectivity index (χ3v) is 5.60. The summed E-state index contributed by atoms with van der Waals surface area (Å²) in [7, 11) is 0. The molecule has 4 fully saturated rings. The molecule has 4 rings (SSSR count). The topological polar surface area (TPSA) is 26.3 Å². The zero-order chi connectivity index (χ0) is 13.5. The number of allylic oxidation sites excluding steroid dienone is 1. The van der Waals surface area contributed by atoms with Gasteiger partial charge in [-0.25, -0.2) is 4.79 Å². The highest BCUT2D eigenvalue weighted by Gasteiger charge is 2.50. The molecule has 0 spiro atoms. The van der Waals surface area contributed by atoms with Gasteiger partial charge in [0.1, 0.15) is 0 Å². The predicted molar refractivity (Wildman–Crippen MR) is 75.6 cm³/mol. The van der Waals surface area contributed by atoms with Gasteiger partial charge in [-0.2, -0.15) is 0 Å². The first-order chi connectivity index (χ1) is 9.10. The summed E-state index contributed by atoms with van der Waals surface area (Å²) in [4.78, 5) is 11.7. The van der Waals surface area contributed by atoms with E-state index >= 15 is 0 Å². The van der Waals surface area contributed by atoms with Crippen molar-refractivity contribution < 1.29 is 9.53 Å². The van der Waals surface area contributed by atoms with Crippen LogP contribution in [0.2, 0.25) is 0 Å². The molecule has 19 heavy (non-hydrogen) atoms. The Morgan fingerprint density at radius 1 is 1.16 bits per heavy atom. The van der Waals surface area contributed by atoms with Gasteiger partial charge < -0.3 is 4.74 Å². The normalized spacial score (nSPS) is 40.5. The number of esters is 1. The summed E-state index contributed by atoms with van der Waals surface area (Å²) in [6.07, 6.45) is 11.9. The molecular formula is C17H26O2. The van der Waals surface area contributed by atoms with Crippen LogP contribution in [0.25, 0.3) is 0 Å². The Balaban J connectivity index is 1.66. The first kappa shape index (κ1) is 13.2. The monoisotopic (exact) mass is 262 g/mol. The Labute approximate surface area is 116 Å². The third-order valence-electron chi connectivity index (χ3n) is 5.60. The van der Waals surface area contributed by atoms with Crippen molar-refractivity contribution in [3.63, 3.8) is 0 Å². The van der Waals surface area contributed by atoms with Gasteiger partial charge in [-0.05, 0) is 82.0 Å². The van der Waals surface area contributed by atoms with E-state index in [0.717, 1.165) is 29.7 Å². The molecule has 106 valence electrons. The summed E-state index contributed by atoms with van der Waals surface area (Å²) in [5, 5.41) is 0. The Morgan fingerprint density at radius 2 is 1.68 bits per heavy atom. The van der Waals surface area contributed by atoms with E-state index in [9.17, 15) is 4.79 Å². The second kappa shape index (κ2) is 4.96. The molecule has 0 heterocycles. The minimum absolute atomic E-state index is 0.132. The Morgan fingerprint density at radius 3 is 2.16 bits per heavy atom. The minimum atomic E-state index is -0.132. The number of carbonyl (C=O) groups is 1. The molecule has 0 unspecified atom stereocenters.